The number of nitrogens with two attached hydrogens (primary N) is 1. The van der Waals surface area contributed by atoms with Gasteiger partial charge in [0.1, 0.15) is 5.82 Å². The molecule has 1 saturated carbocycles. The van der Waals surface area contributed by atoms with Gasteiger partial charge >= 0.3 is 0 Å². The molecule has 4 N–H and O–H groups in total. The van der Waals surface area contributed by atoms with Crippen molar-refractivity contribution in [2.45, 2.75) is 12.8 Å². The van der Waals surface area contributed by atoms with Gasteiger partial charge < -0.3 is 20.9 Å². The van der Waals surface area contributed by atoms with E-state index in [9.17, 15) is 5.11 Å². The van der Waals surface area contributed by atoms with Gasteiger partial charge in [-0.1, -0.05) is 0 Å². The number of pyridine rings is 1. The molecule has 1 aliphatic carbocycles. The third kappa shape index (κ3) is 2.19. The first kappa shape index (κ1) is 11.0. The molecule has 1 aromatic rings. The highest BCUT2D eigenvalue weighted by Gasteiger charge is 2.41. The Balaban J connectivity index is 1.99. The molecule has 0 unspecified atom stereocenters. The average Bonchev–Trinajstić information content (AvgIpc) is 3.09. The van der Waals surface area contributed by atoms with Gasteiger partial charge in [0.05, 0.1) is 19.4 Å². The van der Waals surface area contributed by atoms with Gasteiger partial charge in [0.15, 0.2) is 0 Å². The van der Waals surface area contributed by atoms with Gasteiger partial charge in [0.25, 0.3) is 0 Å². The lowest BCUT2D eigenvalue weighted by atomic mass is 10.1. The average molecular weight is 223 g/mol. The van der Waals surface area contributed by atoms with Crippen LogP contribution in [0.15, 0.2) is 12.1 Å². The molecule has 0 bridgehead atoms. The molecule has 5 nitrogen and oxygen atoms in total. The van der Waals surface area contributed by atoms with Crippen LogP contribution in [-0.4, -0.2) is 30.4 Å². The number of nitrogens with zero attached hydrogens (tertiary/aromatic N) is 1. The van der Waals surface area contributed by atoms with E-state index in [1.54, 1.807) is 13.2 Å². The summed E-state index contributed by atoms with van der Waals surface area (Å²) in [7, 11) is 1.54. The number of hydrogen-bond donors (Lipinski definition) is 3. The Morgan fingerprint density at radius 2 is 2.31 bits per heavy atom. The van der Waals surface area contributed by atoms with Gasteiger partial charge in [-0.25, -0.2) is 0 Å². The van der Waals surface area contributed by atoms with E-state index < -0.39 is 0 Å². The van der Waals surface area contributed by atoms with Crippen LogP contribution in [-0.2, 0) is 0 Å². The summed E-state index contributed by atoms with van der Waals surface area (Å²) in [5.74, 6) is 1.16. The van der Waals surface area contributed by atoms with Gasteiger partial charge in [-0.05, 0) is 25.0 Å². The van der Waals surface area contributed by atoms with E-state index in [1.807, 2.05) is 6.07 Å². The molecule has 0 spiro atoms. The molecule has 88 valence electrons. The standard InChI is InChI=1S/C11H17N3O2/c1-16-10-8(12)2-3-9(14-10)13-6-11(7-15)4-5-11/h2-3,15H,4-7,12H2,1H3,(H,13,14). The number of aromatic nitrogens is 1. The molecule has 0 radical (unpaired) electrons. The number of nitrogens with one attached hydrogen (secondary N) is 1. The van der Waals surface area contributed by atoms with Gasteiger partial charge in [0.2, 0.25) is 5.88 Å². The molecule has 0 amide bonds. The smallest absolute Gasteiger partial charge is 0.238 e. The van der Waals surface area contributed by atoms with Crippen molar-refractivity contribution in [1.29, 1.82) is 0 Å². The zero-order valence-electron chi connectivity index (χ0n) is 9.36. The Kier molecular flexibility index (Phi) is 2.87. The number of nitrogen functional groups attached to an aromatic ring is 1. The second kappa shape index (κ2) is 4.17. The summed E-state index contributed by atoms with van der Waals surface area (Å²) in [5, 5.41) is 12.4. The summed E-state index contributed by atoms with van der Waals surface area (Å²) >= 11 is 0. The lowest BCUT2D eigenvalue weighted by Gasteiger charge is -2.14. The summed E-state index contributed by atoms with van der Waals surface area (Å²) in [6.07, 6.45) is 2.14. The van der Waals surface area contributed by atoms with Crippen LogP contribution in [0.4, 0.5) is 11.5 Å². The summed E-state index contributed by atoms with van der Waals surface area (Å²) < 4.78 is 5.03. The second-order valence-electron chi connectivity index (χ2n) is 4.31. The van der Waals surface area contributed by atoms with Crippen molar-refractivity contribution in [2.24, 2.45) is 5.41 Å². The molecule has 0 aromatic carbocycles. The van der Waals surface area contributed by atoms with E-state index in [0.29, 0.717) is 11.6 Å². The minimum atomic E-state index is 0.0658. The third-order valence-corrected chi connectivity index (χ3v) is 3.02. The van der Waals surface area contributed by atoms with Crippen LogP contribution in [0.1, 0.15) is 12.8 Å². The van der Waals surface area contributed by atoms with Crippen LogP contribution in [0.5, 0.6) is 5.88 Å². The molecule has 2 rings (SSSR count). The monoisotopic (exact) mass is 223 g/mol. The normalized spacial score (nSPS) is 16.9. The first-order valence-corrected chi connectivity index (χ1v) is 5.34. The van der Waals surface area contributed by atoms with Gasteiger partial charge in [-0.2, -0.15) is 4.98 Å². The lowest BCUT2D eigenvalue weighted by molar-refractivity contribution is 0.219. The number of rotatable bonds is 5. The first-order chi connectivity index (χ1) is 7.69. The Hall–Kier alpha value is -1.49. The number of aliphatic hydroxyl groups excluding tert-OH is 1. The maximum atomic E-state index is 9.17. The highest BCUT2D eigenvalue weighted by Crippen LogP contribution is 2.44. The van der Waals surface area contributed by atoms with Crippen LogP contribution >= 0.6 is 0 Å². The van der Waals surface area contributed by atoms with Crippen molar-refractivity contribution < 1.29 is 9.84 Å². The minimum absolute atomic E-state index is 0.0658. The first-order valence-electron chi connectivity index (χ1n) is 5.34. The molecule has 1 fully saturated rings. The highest BCUT2D eigenvalue weighted by atomic mass is 16.5. The van der Waals surface area contributed by atoms with E-state index >= 15 is 0 Å². The van der Waals surface area contributed by atoms with Crippen molar-refractivity contribution >= 4 is 11.5 Å². The van der Waals surface area contributed by atoms with Crippen molar-refractivity contribution in [3.8, 4) is 5.88 Å². The van der Waals surface area contributed by atoms with Crippen LogP contribution in [0, 0.1) is 5.41 Å². The number of aliphatic hydroxyl groups is 1. The molecule has 1 aliphatic rings. The zero-order valence-corrected chi connectivity index (χ0v) is 9.36. The topological polar surface area (TPSA) is 80.4 Å². The van der Waals surface area contributed by atoms with Gasteiger partial charge in [-0.15, -0.1) is 0 Å². The van der Waals surface area contributed by atoms with E-state index in [2.05, 4.69) is 10.3 Å². The highest BCUT2D eigenvalue weighted by molar-refractivity contribution is 5.53. The van der Waals surface area contributed by atoms with Gasteiger partial charge in [0, 0.05) is 12.0 Å². The second-order valence-corrected chi connectivity index (χ2v) is 4.31. The van der Waals surface area contributed by atoms with Crippen molar-refractivity contribution in [2.75, 3.05) is 31.3 Å². The lowest BCUT2D eigenvalue weighted by Crippen LogP contribution is -2.19. The summed E-state index contributed by atoms with van der Waals surface area (Å²) in [4.78, 5) is 4.22. The SMILES string of the molecule is COc1nc(NCC2(CO)CC2)ccc1N. The fraction of sp³-hybridized carbons (Fsp3) is 0.545. The Labute approximate surface area is 94.6 Å². The molecule has 5 heteroatoms. The van der Waals surface area contributed by atoms with E-state index in [0.717, 1.165) is 25.2 Å². The molecule has 0 saturated heterocycles. The number of methoxy groups -OCH3 is 1. The molecule has 1 aromatic heterocycles. The third-order valence-electron chi connectivity index (χ3n) is 3.02. The predicted octanol–water partition coefficient (Wildman–Crippen LogP) is 0.857. The van der Waals surface area contributed by atoms with Crippen LogP contribution in [0.2, 0.25) is 0 Å². The Morgan fingerprint density at radius 1 is 1.56 bits per heavy atom. The van der Waals surface area contributed by atoms with E-state index in [1.165, 1.54) is 0 Å². The fourth-order valence-electron chi connectivity index (χ4n) is 1.56. The van der Waals surface area contributed by atoms with Crippen molar-refractivity contribution in [3.05, 3.63) is 12.1 Å². The number of ether oxygens (including phenoxy) is 1. The summed E-state index contributed by atoms with van der Waals surface area (Å²) in [6.45, 7) is 0.968. The largest absolute Gasteiger partial charge is 0.479 e. The van der Waals surface area contributed by atoms with Gasteiger partial charge in [-0.3, -0.25) is 0 Å². The molecule has 0 aliphatic heterocycles. The Morgan fingerprint density at radius 3 is 2.88 bits per heavy atom. The zero-order chi connectivity index (χ0) is 11.6. The van der Waals surface area contributed by atoms with Crippen molar-refractivity contribution in [1.82, 2.24) is 4.98 Å². The van der Waals surface area contributed by atoms with Crippen molar-refractivity contribution in [3.63, 3.8) is 0 Å². The van der Waals surface area contributed by atoms with Crippen LogP contribution in [0.3, 0.4) is 0 Å². The van der Waals surface area contributed by atoms with E-state index in [-0.39, 0.29) is 12.0 Å². The Bertz CT molecular complexity index is 377. The fourth-order valence-corrected chi connectivity index (χ4v) is 1.56. The molecular weight excluding hydrogens is 206 g/mol. The van der Waals surface area contributed by atoms with E-state index in [4.69, 9.17) is 10.5 Å². The maximum Gasteiger partial charge on any atom is 0.238 e. The number of hydrogen-bond acceptors (Lipinski definition) is 5. The summed E-state index contributed by atoms with van der Waals surface area (Å²) in [6, 6.07) is 3.57. The quantitative estimate of drug-likeness (QED) is 0.689. The van der Waals surface area contributed by atoms with Crippen LogP contribution in [0.25, 0.3) is 0 Å². The maximum absolute atomic E-state index is 9.17. The molecule has 16 heavy (non-hydrogen) atoms. The molecular formula is C11H17N3O2. The van der Waals surface area contributed by atoms with Crippen LogP contribution < -0.4 is 15.8 Å². The minimum Gasteiger partial charge on any atom is -0.479 e. The molecule has 1 heterocycles. The summed E-state index contributed by atoms with van der Waals surface area (Å²) in [5.41, 5.74) is 6.26. The molecule has 0 atom stereocenters. The predicted molar refractivity (Wildman–Crippen MR) is 62.4 cm³/mol. The number of anilines is 2.